The molecular formula is C47H42N5+. The number of rotatable bonds is 9. The molecule has 0 saturated heterocycles. The lowest BCUT2D eigenvalue weighted by Crippen LogP contribution is -2.22. The molecule has 5 nitrogen and oxygen atoms in total. The van der Waals surface area contributed by atoms with Gasteiger partial charge >= 0.3 is 0 Å². The maximum atomic E-state index is 5.00. The minimum atomic E-state index is 0.894. The fourth-order valence-electron chi connectivity index (χ4n) is 7.67. The van der Waals surface area contributed by atoms with E-state index in [0.717, 1.165) is 45.2 Å². The fraction of sp³-hybridized carbons (Fsp3) is 0.106. The van der Waals surface area contributed by atoms with E-state index < -0.39 is 0 Å². The van der Waals surface area contributed by atoms with E-state index in [1.54, 1.807) is 0 Å². The van der Waals surface area contributed by atoms with Crippen molar-refractivity contribution in [3.05, 3.63) is 181 Å². The molecule has 0 spiro atoms. The number of pyridine rings is 1. The summed E-state index contributed by atoms with van der Waals surface area (Å²) in [5, 5.41) is 5.64. The predicted molar refractivity (Wildman–Crippen MR) is 220 cm³/mol. The van der Waals surface area contributed by atoms with Crippen LogP contribution in [0.5, 0.6) is 0 Å². The Morgan fingerprint density at radius 2 is 1.15 bits per heavy atom. The van der Waals surface area contributed by atoms with Crippen molar-refractivity contribution < 1.29 is 0 Å². The highest BCUT2D eigenvalue weighted by atomic mass is 15.2. The van der Waals surface area contributed by atoms with Gasteiger partial charge in [-0.2, -0.15) is 4.90 Å². The molecule has 0 aliphatic rings. The average Bonchev–Trinajstić information content (AvgIpc) is 3.49. The largest absolute Gasteiger partial charge is 0.310 e. The number of nitrogens with zero attached hydrogens (tertiary/aromatic N) is 4. The van der Waals surface area contributed by atoms with Crippen LogP contribution >= 0.6 is 0 Å². The van der Waals surface area contributed by atoms with Crippen LogP contribution in [0.3, 0.4) is 0 Å². The van der Waals surface area contributed by atoms with Gasteiger partial charge in [-0.1, -0.05) is 84.9 Å². The number of aryl methyl sites for hydroxylation is 4. The third-order valence-corrected chi connectivity index (χ3v) is 9.98. The number of nitrogens with one attached hydrogen (secondary N) is 1. The summed E-state index contributed by atoms with van der Waals surface area (Å²) in [5.41, 5.74) is 15.0. The monoisotopic (exact) mass is 676 g/mol. The highest BCUT2D eigenvalue weighted by Gasteiger charge is 2.23. The van der Waals surface area contributed by atoms with Gasteiger partial charge in [0, 0.05) is 35.4 Å². The van der Waals surface area contributed by atoms with Crippen LogP contribution in [0.2, 0.25) is 0 Å². The van der Waals surface area contributed by atoms with E-state index in [4.69, 9.17) is 4.98 Å². The molecule has 0 amide bonds. The van der Waals surface area contributed by atoms with E-state index in [2.05, 4.69) is 187 Å². The number of aromatic nitrogens is 2. The lowest BCUT2D eigenvalue weighted by atomic mass is 9.96. The van der Waals surface area contributed by atoms with Crippen LogP contribution in [0.25, 0.3) is 38.8 Å². The van der Waals surface area contributed by atoms with Gasteiger partial charge in [0.05, 0.1) is 28.1 Å². The van der Waals surface area contributed by atoms with E-state index in [9.17, 15) is 0 Å². The van der Waals surface area contributed by atoms with Crippen molar-refractivity contribution >= 4 is 50.2 Å². The van der Waals surface area contributed by atoms with Crippen LogP contribution in [0.15, 0.2) is 152 Å². The van der Waals surface area contributed by atoms with Gasteiger partial charge in [0.15, 0.2) is 0 Å². The molecule has 0 atom stereocenters. The highest BCUT2D eigenvalue weighted by molar-refractivity contribution is 6.10. The average molecular weight is 677 g/mol. The standard InChI is InChI=1S/C47H42N5/c1-32-14-11-15-33(2)46(32)36-26-27-49-45(28-36)52-43-23-10-9-22-41(43)42-25-24-40(30-44(42)52)51(47-34(3)16-12-17-35(47)4)39-21-13-20-38(29-39)50(31-48-5)37-18-7-6-8-19-37/h6-31,48H,1-5H3/q+1. The zero-order valence-electron chi connectivity index (χ0n) is 30.3. The Morgan fingerprint density at radius 3 is 1.90 bits per heavy atom. The van der Waals surface area contributed by atoms with E-state index in [0.29, 0.717) is 0 Å². The topological polar surface area (TPSA) is 36.3 Å². The number of hydrogen-bond acceptors (Lipinski definition) is 4. The van der Waals surface area contributed by atoms with Gasteiger partial charge in [-0.3, -0.25) is 4.57 Å². The second-order valence-corrected chi connectivity index (χ2v) is 13.4. The molecule has 2 aromatic heterocycles. The Hall–Kier alpha value is -6.30. The van der Waals surface area contributed by atoms with E-state index >= 15 is 0 Å². The van der Waals surface area contributed by atoms with Gasteiger partial charge in [0.2, 0.25) is 0 Å². The Kier molecular flexibility index (Phi) is 8.71. The van der Waals surface area contributed by atoms with Crippen LogP contribution in [-0.4, -0.2) is 16.6 Å². The second kappa shape index (κ2) is 13.8. The molecule has 52 heavy (non-hydrogen) atoms. The molecule has 0 bridgehead atoms. The van der Waals surface area contributed by atoms with Gasteiger partial charge in [0.25, 0.3) is 6.67 Å². The molecule has 0 aliphatic heterocycles. The summed E-state index contributed by atoms with van der Waals surface area (Å²) in [5.74, 6) is 0.894. The quantitative estimate of drug-likeness (QED) is 0.154. The Morgan fingerprint density at radius 1 is 0.538 bits per heavy atom. The first-order chi connectivity index (χ1) is 25.4. The van der Waals surface area contributed by atoms with Gasteiger partial charge in [-0.15, -0.1) is 5.32 Å². The SMILES string of the molecule is CN[CH+]N(c1ccccc1)c1cccc(N(c2ccc3c4ccccc4n(-c4cc(-c5c(C)cccc5C)ccn4)c3c2)c2c(C)cccc2C)c1. The highest BCUT2D eigenvalue weighted by Crippen LogP contribution is 2.43. The molecule has 6 aromatic carbocycles. The molecule has 0 unspecified atom stereocenters. The molecule has 0 radical (unpaired) electrons. The molecule has 8 rings (SSSR count). The van der Waals surface area contributed by atoms with Crippen LogP contribution in [0.1, 0.15) is 22.3 Å². The lowest BCUT2D eigenvalue weighted by molar-refractivity contribution is 0.921. The minimum Gasteiger partial charge on any atom is -0.310 e. The molecule has 8 aromatic rings. The molecule has 0 saturated carbocycles. The zero-order valence-corrected chi connectivity index (χ0v) is 30.3. The van der Waals surface area contributed by atoms with Crippen molar-refractivity contribution in [2.24, 2.45) is 0 Å². The molecule has 254 valence electrons. The third-order valence-electron chi connectivity index (χ3n) is 9.98. The van der Waals surface area contributed by atoms with E-state index in [1.165, 1.54) is 44.3 Å². The third kappa shape index (κ3) is 5.85. The normalized spacial score (nSPS) is 11.2. The van der Waals surface area contributed by atoms with E-state index in [-0.39, 0.29) is 0 Å². The lowest BCUT2D eigenvalue weighted by Gasteiger charge is -2.29. The Bertz CT molecular complexity index is 2510. The fourth-order valence-corrected chi connectivity index (χ4v) is 7.67. The maximum absolute atomic E-state index is 5.00. The molecular weight excluding hydrogens is 635 g/mol. The molecule has 2 heterocycles. The van der Waals surface area contributed by atoms with Crippen molar-refractivity contribution in [2.45, 2.75) is 27.7 Å². The summed E-state index contributed by atoms with van der Waals surface area (Å²) < 4.78 is 2.32. The van der Waals surface area contributed by atoms with Crippen molar-refractivity contribution in [3.8, 4) is 16.9 Å². The summed E-state index contributed by atoms with van der Waals surface area (Å²) in [7, 11) is 1.93. The maximum Gasteiger partial charge on any atom is 0.271 e. The first kappa shape index (κ1) is 32.9. The first-order valence-corrected chi connectivity index (χ1v) is 17.8. The number of para-hydroxylation sites is 3. The molecule has 5 heteroatoms. The Labute approximate surface area is 306 Å². The van der Waals surface area contributed by atoms with Gasteiger partial charge in [-0.05, 0) is 122 Å². The summed E-state index contributed by atoms with van der Waals surface area (Å²) in [4.78, 5) is 9.58. The van der Waals surface area contributed by atoms with Crippen molar-refractivity contribution in [3.63, 3.8) is 0 Å². The molecule has 0 aliphatic carbocycles. The predicted octanol–water partition coefficient (Wildman–Crippen LogP) is 12.0. The summed E-state index contributed by atoms with van der Waals surface area (Å²) in [6.07, 6.45) is 1.94. The van der Waals surface area contributed by atoms with Crippen LogP contribution in [-0.2, 0) is 0 Å². The van der Waals surface area contributed by atoms with Crippen LogP contribution in [0, 0.1) is 34.4 Å². The van der Waals surface area contributed by atoms with Gasteiger partial charge in [0.1, 0.15) is 5.82 Å². The van der Waals surface area contributed by atoms with Gasteiger partial charge < -0.3 is 4.90 Å². The molecule has 1 N–H and O–H groups in total. The van der Waals surface area contributed by atoms with Crippen LogP contribution < -0.4 is 15.1 Å². The smallest absolute Gasteiger partial charge is 0.271 e. The van der Waals surface area contributed by atoms with Gasteiger partial charge in [-0.25, -0.2) is 4.98 Å². The number of fused-ring (bicyclic) bond motifs is 3. The molecule has 0 fully saturated rings. The first-order valence-electron chi connectivity index (χ1n) is 17.8. The van der Waals surface area contributed by atoms with Crippen molar-refractivity contribution in [1.29, 1.82) is 0 Å². The second-order valence-electron chi connectivity index (χ2n) is 13.4. The Balaban J connectivity index is 1.35. The summed E-state index contributed by atoms with van der Waals surface area (Å²) >= 11 is 0. The number of benzene rings is 6. The van der Waals surface area contributed by atoms with Crippen molar-refractivity contribution in [1.82, 2.24) is 14.9 Å². The minimum absolute atomic E-state index is 0.894. The number of anilines is 5. The van der Waals surface area contributed by atoms with Crippen molar-refractivity contribution in [2.75, 3.05) is 16.8 Å². The summed E-state index contributed by atoms with van der Waals surface area (Å²) in [6, 6.07) is 52.1. The van der Waals surface area contributed by atoms with E-state index in [1.807, 2.05) is 26.0 Å². The number of hydrogen-bond donors (Lipinski definition) is 1. The van der Waals surface area contributed by atoms with Crippen LogP contribution in [0.4, 0.5) is 28.4 Å². The summed E-state index contributed by atoms with van der Waals surface area (Å²) in [6.45, 7) is 10.8. The zero-order chi connectivity index (χ0) is 35.8.